The standard InChI is InChI=1S/C15H18N2O2S2/c16-10-12-4-1-2-6-15(12)21(18,19)17(13-7-8-13)11-14-5-3-9-20-14/h1-6,9,13H,7-8,10-11,16H2. The summed E-state index contributed by atoms with van der Waals surface area (Å²) in [6.45, 7) is 0.677. The molecule has 1 saturated carbocycles. The lowest BCUT2D eigenvalue weighted by Gasteiger charge is -2.22. The summed E-state index contributed by atoms with van der Waals surface area (Å²) in [6.07, 6.45) is 1.88. The molecule has 1 aliphatic carbocycles. The van der Waals surface area contributed by atoms with Crippen molar-refractivity contribution in [2.24, 2.45) is 5.73 Å². The van der Waals surface area contributed by atoms with Gasteiger partial charge in [0.05, 0.1) is 4.90 Å². The number of thiophene rings is 1. The molecule has 1 heterocycles. The number of nitrogens with two attached hydrogens (primary N) is 1. The first-order valence-corrected chi connectivity index (χ1v) is 9.27. The van der Waals surface area contributed by atoms with Gasteiger partial charge in [-0.3, -0.25) is 0 Å². The van der Waals surface area contributed by atoms with Gasteiger partial charge in [0.15, 0.2) is 0 Å². The zero-order valence-corrected chi connectivity index (χ0v) is 13.2. The van der Waals surface area contributed by atoms with Crippen LogP contribution in [-0.4, -0.2) is 18.8 Å². The van der Waals surface area contributed by atoms with Crippen molar-refractivity contribution in [3.05, 3.63) is 52.2 Å². The van der Waals surface area contributed by atoms with Crippen molar-refractivity contribution in [3.63, 3.8) is 0 Å². The predicted molar refractivity (Wildman–Crippen MR) is 84.4 cm³/mol. The van der Waals surface area contributed by atoms with Gasteiger partial charge in [0.1, 0.15) is 0 Å². The number of nitrogens with zero attached hydrogens (tertiary/aromatic N) is 1. The zero-order chi connectivity index (χ0) is 14.9. The van der Waals surface area contributed by atoms with Crippen molar-refractivity contribution >= 4 is 21.4 Å². The first kappa shape index (κ1) is 14.7. The van der Waals surface area contributed by atoms with Crippen LogP contribution in [0, 0.1) is 0 Å². The highest BCUT2D eigenvalue weighted by Crippen LogP contribution is 2.34. The third kappa shape index (κ3) is 3.03. The van der Waals surface area contributed by atoms with Crippen molar-refractivity contribution < 1.29 is 8.42 Å². The Labute approximate surface area is 129 Å². The minimum Gasteiger partial charge on any atom is -0.326 e. The van der Waals surface area contributed by atoms with Crippen LogP contribution >= 0.6 is 11.3 Å². The van der Waals surface area contributed by atoms with E-state index in [1.165, 1.54) is 0 Å². The molecule has 0 aliphatic heterocycles. The number of hydrogen-bond acceptors (Lipinski definition) is 4. The Morgan fingerprint density at radius 3 is 2.57 bits per heavy atom. The average molecular weight is 322 g/mol. The van der Waals surface area contributed by atoms with Crippen molar-refractivity contribution in [1.29, 1.82) is 0 Å². The molecule has 0 saturated heterocycles. The maximum absolute atomic E-state index is 13.0. The Morgan fingerprint density at radius 2 is 1.95 bits per heavy atom. The van der Waals surface area contributed by atoms with E-state index in [1.807, 2.05) is 23.6 Å². The Balaban J connectivity index is 1.97. The number of hydrogen-bond donors (Lipinski definition) is 1. The summed E-state index contributed by atoms with van der Waals surface area (Å²) in [5.41, 5.74) is 6.37. The molecule has 21 heavy (non-hydrogen) atoms. The molecule has 0 radical (unpaired) electrons. The second-order valence-electron chi connectivity index (χ2n) is 5.17. The fourth-order valence-electron chi connectivity index (χ4n) is 2.38. The molecule has 0 amide bonds. The summed E-state index contributed by atoms with van der Waals surface area (Å²) in [5, 5.41) is 1.97. The number of benzene rings is 1. The quantitative estimate of drug-likeness (QED) is 0.889. The van der Waals surface area contributed by atoms with E-state index in [0.717, 1.165) is 17.7 Å². The second-order valence-corrected chi connectivity index (χ2v) is 8.06. The molecule has 1 aliphatic rings. The molecule has 4 nitrogen and oxygen atoms in total. The van der Waals surface area contributed by atoms with Crippen LogP contribution in [0.15, 0.2) is 46.7 Å². The molecule has 0 bridgehead atoms. The first-order valence-electron chi connectivity index (χ1n) is 6.95. The Morgan fingerprint density at radius 1 is 1.19 bits per heavy atom. The third-order valence-corrected chi connectivity index (χ3v) is 6.49. The minimum absolute atomic E-state index is 0.128. The van der Waals surface area contributed by atoms with Crippen LogP contribution < -0.4 is 5.73 Å². The minimum atomic E-state index is -3.50. The molecular weight excluding hydrogens is 304 g/mol. The molecule has 1 aromatic heterocycles. The fraction of sp³-hybridized carbons (Fsp3) is 0.333. The lowest BCUT2D eigenvalue weighted by atomic mass is 10.2. The van der Waals surface area contributed by atoms with Gasteiger partial charge in [-0.05, 0) is 35.9 Å². The molecular formula is C15H18N2O2S2. The van der Waals surface area contributed by atoms with Crippen LogP contribution in [0.25, 0.3) is 0 Å². The summed E-state index contributed by atoms with van der Waals surface area (Å²) in [5.74, 6) is 0. The maximum Gasteiger partial charge on any atom is 0.243 e. The van der Waals surface area contributed by atoms with Gasteiger partial charge in [0.2, 0.25) is 10.0 Å². The van der Waals surface area contributed by atoms with Gasteiger partial charge in [-0.15, -0.1) is 11.3 Å². The molecule has 6 heteroatoms. The number of rotatable bonds is 6. The summed E-state index contributed by atoms with van der Waals surface area (Å²) < 4.78 is 27.6. The van der Waals surface area contributed by atoms with Crippen molar-refractivity contribution in [3.8, 4) is 0 Å². The molecule has 0 atom stereocenters. The van der Waals surface area contributed by atoms with E-state index in [-0.39, 0.29) is 12.6 Å². The molecule has 1 fully saturated rings. The highest BCUT2D eigenvalue weighted by molar-refractivity contribution is 7.89. The summed E-state index contributed by atoms with van der Waals surface area (Å²) in [6, 6.07) is 11.1. The fourth-order valence-corrected chi connectivity index (χ4v) is 5.06. The largest absolute Gasteiger partial charge is 0.326 e. The SMILES string of the molecule is NCc1ccccc1S(=O)(=O)N(Cc1cccs1)C1CC1. The molecule has 2 N–H and O–H groups in total. The normalized spacial score (nSPS) is 15.5. The van der Waals surface area contributed by atoms with Gasteiger partial charge in [-0.2, -0.15) is 4.31 Å². The van der Waals surface area contributed by atoms with Gasteiger partial charge in [0, 0.05) is 24.0 Å². The molecule has 0 unspecified atom stereocenters. The van der Waals surface area contributed by atoms with E-state index in [4.69, 9.17) is 5.73 Å². The smallest absolute Gasteiger partial charge is 0.243 e. The third-order valence-electron chi connectivity index (χ3n) is 3.63. The van der Waals surface area contributed by atoms with Crippen LogP contribution in [0.5, 0.6) is 0 Å². The van der Waals surface area contributed by atoms with Crippen LogP contribution in [0.2, 0.25) is 0 Å². The van der Waals surface area contributed by atoms with E-state index < -0.39 is 10.0 Å². The summed E-state index contributed by atoms with van der Waals surface area (Å²) >= 11 is 1.59. The van der Waals surface area contributed by atoms with E-state index in [0.29, 0.717) is 17.0 Å². The van der Waals surface area contributed by atoms with Crippen molar-refractivity contribution in [1.82, 2.24) is 4.31 Å². The molecule has 2 aromatic rings. The maximum atomic E-state index is 13.0. The molecule has 0 spiro atoms. The first-order chi connectivity index (χ1) is 10.1. The second kappa shape index (κ2) is 5.88. The van der Waals surface area contributed by atoms with Crippen LogP contribution in [0.3, 0.4) is 0 Å². The van der Waals surface area contributed by atoms with Gasteiger partial charge >= 0.3 is 0 Å². The highest BCUT2D eigenvalue weighted by Gasteiger charge is 2.38. The van der Waals surface area contributed by atoms with E-state index in [1.54, 1.807) is 33.8 Å². The van der Waals surface area contributed by atoms with Crippen LogP contribution in [-0.2, 0) is 23.1 Å². The van der Waals surface area contributed by atoms with Crippen molar-refractivity contribution in [2.45, 2.75) is 36.9 Å². The van der Waals surface area contributed by atoms with E-state index >= 15 is 0 Å². The lowest BCUT2D eigenvalue weighted by Crippen LogP contribution is -2.33. The van der Waals surface area contributed by atoms with Gasteiger partial charge < -0.3 is 5.73 Å². The number of sulfonamides is 1. The lowest BCUT2D eigenvalue weighted by molar-refractivity contribution is 0.401. The Kier molecular flexibility index (Phi) is 4.12. The molecule has 1 aromatic carbocycles. The molecule has 112 valence electrons. The summed E-state index contributed by atoms with van der Waals surface area (Å²) in [4.78, 5) is 1.41. The zero-order valence-electron chi connectivity index (χ0n) is 11.6. The Bertz CT molecular complexity index is 707. The van der Waals surface area contributed by atoms with E-state index in [9.17, 15) is 8.42 Å². The monoisotopic (exact) mass is 322 g/mol. The van der Waals surface area contributed by atoms with Gasteiger partial charge in [-0.25, -0.2) is 8.42 Å². The van der Waals surface area contributed by atoms with Gasteiger partial charge in [0.25, 0.3) is 0 Å². The van der Waals surface area contributed by atoms with Crippen LogP contribution in [0.4, 0.5) is 0 Å². The van der Waals surface area contributed by atoms with Crippen molar-refractivity contribution in [2.75, 3.05) is 0 Å². The van der Waals surface area contributed by atoms with Crippen LogP contribution in [0.1, 0.15) is 23.3 Å². The highest BCUT2D eigenvalue weighted by atomic mass is 32.2. The predicted octanol–water partition coefficient (Wildman–Crippen LogP) is 2.56. The van der Waals surface area contributed by atoms with E-state index in [2.05, 4.69) is 0 Å². The molecule has 3 rings (SSSR count). The Hall–Kier alpha value is -1.21. The van der Waals surface area contributed by atoms with Gasteiger partial charge in [-0.1, -0.05) is 24.3 Å². The average Bonchev–Trinajstić information content (AvgIpc) is 3.20. The topological polar surface area (TPSA) is 63.4 Å². The summed E-state index contributed by atoms with van der Waals surface area (Å²) in [7, 11) is -3.50.